The van der Waals surface area contributed by atoms with Gasteiger partial charge in [0.15, 0.2) is 0 Å². The Balaban J connectivity index is 1.84. The van der Waals surface area contributed by atoms with Crippen LogP contribution in [0.4, 0.5) is 0 Å². The molecule has 4 nitrogen and oxygen atoms in total. The van der Waals surface area contributed by atoms with Crippen LogP contribution in [0, 0.1) is 0 Å². The number of likely N-dealkylation sites (N-methyl/N-ethyl adjacent to an activating group) is 1. The molecule has 3 rings (SSSR count). The van der Waals surface area contributed by atoms with E-state index in [0.29, 0.717) is 0 Å². The first-order chi connectivity index (χ1) is 9.78. The molecule has 0 spiro atoms. The molecule has 0 aliphatic carbocycles. The largest absolute Gasteiger partial charge is 0.494 e. The number of aromatic amines is 1. The van der Waals surface area contributed by atoms with Gasteiger partial charge in [0.2, 0.25) is 0 Å². The lowest BCUT2D eigenvalue weighted by Gasteiger charge is -2.22. The Morgan fingerprint density at radius 1 is 1.30 bits per heavy atom. The summed E-state index contributed by atoms with van der Waals surface area (Å²) in [4.78, 5) is 2.33. The van der Waals surface area contributed by atoms with Crippen LogP contribution in [0.15, 0.2) is 24.3 Å². The summed E-state index contributed by atoms with van der Waals surface area (Å²) in [7, 11) is 2.15. The fourth-order valence-electron chi connectivity index (χ4n) is 2.60. The molecule has 0 bridgehead atoms. The van der Waals surface area contributed by atoms with Crippen molar-refractivity contribution in [3.05, 3.63) is 35.5 Å². The highest BCUT2D eigenvalue weighted by molar-refractivity contribution is 5.65. The van der Waals surface area contributed by atoms with E-state index < -0.39 is 0 Å². The number of aromatic nitrogens is 2. The van der Waals surface area contributed by atoms with Crippen molar-refractivity contribution in [1.29, 1.82) is 0 Å². The Morgan fingerprint density at radius 3 is 2.85 bits per heavy atom. The van der Waals surface area contributed by atoms with Crippen LogP contribution in [0.1, 0.15) is 24.6 Å². The molecule has 20 heavy (non-hydrogen) atoms. The second-order valence-electron chi connectivity index (χ2n) is 5.39. The van der Waals surface area contributed by atoms with Gasteiger partial charge in [0.1, 0.15) is 5.75 Å². The maximum Gasteiger partial charge on any atom is 0.119 e. The molecule has 106 valence electrons. The summed E-state index contributed by atoms with van der Waals surface area (Å²) in [5.74, 6) is 0.928. The van der Waals surface area contributed by atoms with Crippen molar-refractivity contribution in [2.75, 3.05) is 20.2 Å². The van der Waals surface area contributed by atoms with E-state index in [1.165, 1.54) is 11.3 Å². The Bertz CT molecular complexity index is 574. The van der Waals surface area contributed by atoms with Gasteiger partial charge < -0.3 is 9.64 Å². The number of rotatable bonds is 4. The predicted molar refractivity (Wildman–Crippen MR) is 79.8 cm³/mol. The second kappa shape index (κ2) is 5.67. The molecule has 1 aliphatic rings. The molecular formula is C16H21N3O. The van der Waals surface area contributed by atoms with Crippen molar-refractivity contribution in [3.8, 4) is 17.0 Å². The van der Waals surface area contributed by atoms with Crippen LogP contribution in [0.5, 0.6) is 5.75 Å². The van der Waals surface area contributed by atoms with Crippen molar-refractivity contribution in [2.45, 2.75) is 26.3 Å². The molecule has 0 fully saturated rings. The Kier molecular flexibility index (Phi) is 3.74. The molecular weight excluding hydrogens is 250 g/mol. The minimum atomic E-state index is 0.766. The van der Waals surface area contributed by atoms with Crippen molar-refractivity contribution in [3.63, 3.8) is 0 Å². The molecule has 0 radical (unpaired) electrons. The van der Waals surface area contributed by atoms with Crippen LogP contribution in [-0.2, 0) is 13.0 Å². The molecule has 1 aromatic carbocycles. The van der Waals surface area contributed by atoms with Gasteiger partial charge in [-0.05, 0) is 37.7 Å². The summed E-state index contributed by atoms with van der Waals surface area (Å²) >= 11 is 0. The van der Waals surface area contributed by atoms with Crippen LogP contribution in [0.2, 0.25) is 0 Å². The molecule has 0 amide bonds. The van der Waals surface area contributed by atoms with Gasteiger partial charge in [0.25, 0.3) is 0 Å². The summed E-state index contributed by atoms with van der Waals surface area (Å²) in [6.45, 7) is 4.94. The van der Waals surface area contributed by atoms with E-state index in [9.17, 15) is 0 Å². The molecule has 0 saturated heterocycles. The lowest BCUT2D eigenvalue weighted by molar-refractivity contribution is 0.312. The van der Waals surface area contributed by atoms with Gasteiger partial charge >= 0.3 is 0 Å². The summed E-state index contributed by atoms with van der Waals surface area (Å²) in [6, 6.07) is 8.24. The highest BCUT2D eigenvalue weighted by Gasteiger charge is 2.20. The summed E-state index contributed by atoms with van der Waals surface area (Å²) < 4.78 is 5.62. The van der Waals surface area contributed by atoms with E-state index in [2.05, 4.69) is 41.2 Å². The molecule has 0 unspecified atom stereocenters. The SMILES string of the molecule is CCCOc1ccc(-c2n[nH]c3c2CN(C)CC3)cc1. The van der Waals surface area contributed by atoms with Gasteiger partial charge in [-0.15, -0.1) is 0 Å². The Morgan fingerprint density at radius 2 is 2.10 bits per heavy atom. The number of H-pyrrole nitrogens is 1. The average Bonchev–Trinajstić information content (AvgIpc) is 2.88. The van der Waals surface area contributed by atoms with Gasteiger partial charge in [0, 0.05) is 36.3 Å². The maximum atomic E-state index is 5.62. The Hall–Kier alpha value is -1.81. The molecule has 4 heteroatoms. The van der Waals surface area contributed by atoms with Gasteiger partial charge in [-0.3, -0.25) is 5.10 Å². The van der Waals surface area contributed by atoms with Crippen LogP contribution in [-0.4, -0.2) is 35.3 Å². The van der Waals surface area contributed by atoms with Crippen LogP contribution in [0.3, 0.4) is 0 Å². The fourth-order valence-corrected chi connectivity index (χ4v) is 2.60. The monoisotopic (exact) mass is 271 g/mol. The highest BCUT2D eigenvalue weighted by atomic mass is 16.5. The zero-order chi connectivity index (χ0) is 13.9. The third kappa shape index (κ3) is 2.56. The molecule has 1 aromatic heterocycles. The van der Waals surface area contributed by atoms with E-state index >= 15 is 0 Å². The van der Waals surface area contributed by atoms with Gasteiger partial charge in [-0.1, -0.05) is 6.92 Å². The lowest BCUT2D eigenvalue weighted by atomic mass is 10.0. The topological polar surface area (TPSA) is 41.1 Å². The number of hydrogen-bond acceptors (Lipinski definition) is 3. The number of ether oxygens (including phenoxy) is 1. The zero-order valence-electron chi connectivity index (χ0n) is 12.1. The first-order valence-electron chi connectivity index (χ1n) is 7.26. The highest BCUT2D eigenvalue weighted by Crippen LogP contribution is 2.29. The minimum absolute atomic E-state index is 0.766. The van der Waals surface area contributed by atoms with Gasteiger partial charge in [-0.25, -0.2) is 0 Å². The van der Waals surface area contributed by atoms with E-state index in [-0.39, 0.29) is 0 Å². The normalized spacial score (nSPS) is 15.1. The number of nitrogens with one attached hydrogen (secondary N) is 1. The molecule has 1 N–H and O–H groups in total. The zero-order valence-corrected chi connectivity index (χ0v) is 12.1. The van der Waals surface area contributed by atoms with Gasteiger partial charge in [0.05, 0.1) is 12.3 Å². The van der Waals surface area contributed by atoms with Crippen molar-refractivity contribution < 1.29 is 4.74 Å². The van der Waals surface area contributed by atoms with E-state index in [1.807, 2.05) is 12.1 Å². The summed E-state index contributed by atoms with van der Waals surface area (Å²) in [5.41, 5.74) is 4.85. The smallest absolute Gasteiger partial charge is 0.119 e. The number of benzene rings is 1. The average molecular weight is 271 g/mol. The predicted octanol–water partition coefficient (Wildman–Crippen LogP) is 2.85. The third-order valence-corrected chi connectivity index (χ3v) is 3.72. The summed E-state index contributed by atoms with van der Waals surface area (Å²) in [5, 5.41) is 7.69. The van der Waals surface area contributed by atoms with Crippen molar-refractivity contribution >= 4 is 0 Å². The molecule has 1 aliphatic heterocycles. The second-order valence-corrected chi connectivity index (χ2v) is 5.39. The van der Waals surface area contributed by atoms with Crippen molar-refractivity contribution in [1.82, 2.24) is 15.1 Å². The van der Waals surface area contributed by atoms with Gasteiger partial charge in [-0.2, -0.15) is 5.10 Å². The minimum Gasteiger partial charge on any atom is -0.494 e. The number of nitrogens with zero attached hydrogens (tertiary/aromatic N) is 2. The number of fused-ring (bicyclic) bond motifs is 1. The quantitative estimate of drug-likeness (QED) is 0.929. The first-order valence-corrected chi connectivity index (χ1v) is 7.26. The third-order valence-electron chi connectivity index (χ3n) is 3.72. The fraction of sp³-hybridized carbons (Fsp3) is 0.438. The Labute approximate surface area is 119 Å². The van der Waals surface area contributed by atoms with Crippen LogP contribution < -0.4 is 4.74 Å². The maximum absolute atomic E-state index is 5.62. The summed E-state index contributed by atoms with van der Waals surface area (Å²) in [6.07, 6.45) is 2.08. The van der Waals surface area contributed by atoms with Crippen molar-refractivity contribution in [2.24, 2.45) is 0 Å². The van der Waals surface area contributed by atoms with Crippen LogP contribution in [0.25, 0.3) is 11.3 Å². The number of hydrogen-bond donors (Lipinski definition) is 1. The van der Waals surface area contributed by atoms with E-state index in [1.54, 1.807) is 0 Å². The van der Waals surface area contributed by atoms with E-state index in [0.717, 1.165) is 49.5 Å². The molecule has 0 atom stereocenters. The van der Waals surface area contributed by atoms with E-state index in [4.69, 9.17) is 4.74 Å². The first kappa shape index (κ1) is 13.2. The standard InChI is InChI=1S/C16H21N3O/c1-3-10-20-13-6-4-12(5-7-13)16-14-11-19(2)9-8-15(14)17-18-16/h4-7H,3,8-11H2,1-2H3,(H,17,18). The lowest BCUT2D eigenvalue weighted by Crippen LogP contribution is -2.26. The molecule has 0 saturated carbocycles. The van der Waals surface area contributed by atoms with Crippen LogP contribution >= 0.6 is 0 Å². The molecule has 2 heterocycles. The molecule has 2 aromatic rings.